The van der Waals surface area contributed by atoms with Gasteiger partial charge in [-0.3, -0.25) is 0 Å². The highest BCUT2D eigenvalue weighted by Gasteiger charge is 2.28. The van der Waals surface area contributed by atoms with E-state index < -0.39 is 0 Å². The van der Waals surface area contributed by atoms with E-state index in [2.05, 4.69) is 48.6 Å². The number of rotatable bonds is 1. The van der Waals surface area contributed by atoms with Crippen LogP contribution in [-0.2, 0) is 5.41 Å². The molecule has 2 N–H and O–H groups in total. The second-order valence-corrected chi connectivity index (χ2v) is 7.29. The Morgan fingerprint density at radius 2 is 1.89 bits per heavy atom. The van der Waals surface area contributed by atoms with Gasteiger partial charge in [-0.05, 0) is 41.1 Å². The van der Waals surface area contributed by atoms with Crippen molar-refractivity contribution < 1.29 is 0 Å². The van der Waals surface area contributed by atoms with Crippen LogP contribution in [0, 0.1) is 5.92 Å². The summed E-state index contributed by atoms with van der Waals surface area (Å²) in [5.74, 6) is 2.77. The Labute approximate surface area is 118 Å². The molecule has 18 heavy (non-hydrogen) atoms. The minimum atomic E-state index is -0.0190. The summed E-state index contributed by atoms with van der Waals surface area (Å²) in [7, 11) is 0. The molecule has 0 bridgehead atoms. The molecule has 1 heterocycles. The first-order chi connectivity index (χ1) is 8.29. The molecule has 2 rings (SSSR count). The van der Waals surface area contributed by atoms with E-state index in [0.717, 1.165) is 21.9 Å². The Hall–Kier alpha value is -0.640. The van der Waals surface area contributed by atoms with Crippen LogP contribution in [0.4, 0.5) is 5.82 Å². The number of hydrogen-bond donors (Lipinski definition) is 1. The fourth-order valence-corrected chi connectivity index (χ4v) is 3.38. The predicted octanol–water partition coefficient (Wildman–Crippen LogP) is 4.02. The Morgan fingerprint density at radius 3 is 2.39 bits per heavy atom. The molecular weight excluding hydrogens is 290 g/mol. The lowest BCUT2D eigenvalue weighted by molar-refractivity contribution is 0.543. The Balaban J connectivity index is 2.41. The van der Waals surface area contributed by atoms with E-state index in [-0.39, 0.29) is 5.41 Å². The molecule has 0 spiro atoms. The first-order valence-electron chi connectivity index (χ1n) is 6.62. The molecule has 0 aliphatic heterocycles. The van der Waals surface area contributed by atoms with Crippen LogP contribution in [-0.4, -0.2) is 9.97 Å². The molecule has 2 unspecified atom stereocenters. The van der Waals surface area contributed by atoms with Crippen molar-refractivity contribution in [3.05, 3.63) is 16.0 Å². The third-order valence-corrected chi connectivity index (χ3v) is 4.45. The van der Waals surface area contributed by atoms with E-state index in [9.17, 15) is 0 Å². The van der Waals surface area contributed by atoms with Gasteiger partial charge in [-0.2, -0.15) is 0 Å². The monoisotopic (exact) mass is 311 g/mol. The minimum absolute atomic E-state index is 0.0190. The number of nitrogens with two attached hydrogens (primary N) is 1. The van der Waals surface area contributed by atoms with Gasteiger partial charge in [-0.1, -0.05) is 27.7 Å². The highest BCUT2D eigenvalue weighted by molar-refractivity contribution is 9.10. The Bertz CT molecular complexity index is 451. The maximum Gasteiger partial charge on any atom is 0.141 e. The zero-order valence-electron chi connectivity index (χ0n) is 11.6. The third-order valence-electron chi connectivity index (χ3n) is 3.66. The first kappa shape index (κ1) is 13.8. The molecule has 4 heteroatoms. The molecule has 1 aliphatic rings. The van der Waals surface area contributed by atoms with E-state index in [1.54, 1.807) is 0 Å². The van der Waals surface area contributed by atoms with Crippen molar-refractivity contribution in [2.24, 2.45) is 5.92 Å². The molecule has 1 aromatic rings. The van der Waals surface area contributed by atoms with Crippen LogP contribution >= 0.6 is 15.9 Å². The Morgan fingerprint density at radius 1 is 1.22 bits per heavy atom. The van der Waals surface area contributed by atoms with Crippen LogP contribution in [0.15, 0.2) is 4.47 Å². The maximum absolute atomic E-state index is 6.02. The lowest BCUT2D eigenvalue weighted by Gasteiger charge is -2.22. The summed E-state index contributed by atoms with van der Waals surface area (Å²) < 4.78 is 0.852. The fraction of sp³-hybridized carbons (Fsp3) is 0.714. The summed E-state index contributed by atoms with van der Waals surface area (Å²) in [5, 5.41) is 0. The maximum atomic E-state index is 6.02. The fourth-order valence-electron chi connectivity index (χ4n) is 2.60. The van der Waals surface area contributed by atoms with Crippen LogP contribution < -0.4 is 5.73 Å². The van der Waals surface area contributed by atoms with Crippen LogP contribution in [0.25, 0.3) is 0 Å². The number of nitrogens with zero attached hydrogens (tertiary/aromatic N) is 2. The molecule has 100 valence electrons. The molecule has 0 saturated heterocycles. The first-order valence-corrected chi connectivity index (χ1v) is 7.41. The summed E-state index contributed by atoms with van der Waals surface area (Å²) in [6, 6.07) is 0. The molecular formula is C14H22BrN3. The molecule has 1 fully saturated rings. The van der Waals surface area contributed by atoms with Crippen LogP contribution in [0.5, 0.6) is 0 Å². The average molecular weight is 312 g/mol. The molecule has 0 amide bonds. The topological polar surface area (TPSA) is 51.8 Å². The van der Waals surface area contributed by atoms with Gasteiger partial charge < -0.3 is 5.73 Å². The molecule has 1 aromatic heterocycles. The lowest BCUT2D eigenvalue weighted by atomic mass is 9.91. The van der Waals surface area contributed by atoms with Gasteiger partial charge in [0.2, 0.25) is 0 Å². The van der Waals surface area contributed by atoms with Crippen molar-refractivity contribution >= 4 is 21.7 Å². The van der Waals surface area contributed by atoms with Gasteiger partial charge >= 0.3 is 0 Å². The van der Waals surface area contributed by atoms with Crippen LogP contribution in [0.2, 0.25) is 0 Å². The van der Waals surface area contributed by atoms with Crippen LogP contribution in [0.3, 0.4) is 0 Å². The molecule has 1 aliphatic carbocycles. The zero-order chi connectivity index (χ0) is 13.5. The van der Waals surface area contributed by atoms with E-state index >= 15 is 0 Å². The standard InChI is InChI=1S/C14H22BrN3/c1-8-5-6-9(7-8)13-17-11(14(2,3)4)10(15)12(16)18-13/h8-9H,5-7H2,1-4H3,(H2,16,17,18). The number of aromatic nitrogens is 2. The van der Waals surface area contributed by atoms with Crippen molar-refractivity contribution in [2.75, 3.05) is 5.73 Å². The molecule has 2 atom stereocenters. The van der Waals surface area contributed by atoms with Crippen molar-refractivity contribution in [3.63, 3.8) is 0 Å². The van der Waals surface area contributed by atoms with E-state index in [4.69, 9.17) is 10.7 Å². The van der Waals surface area contributed by atoms with E-state index in [1.807, 2.05) is 0 Å². The lowest BCUT2D eigenvalue weighted by Crippen LogP contribution is -2.18. The average Bonchev–Trinajstić information content (AvgIpc) is 2.67. The van der Waals surface area contributed by atoms with Gasteiger partial charge in [0.15, 0.2) is 0 Å². The number of hydrogen-bond acceptors (Lipinski definition) is 3. The van der Waals surface area contributed by atoms with Gasteiger partial charge in [0.1, 0.15) is 11.6 Å². The summed E-state index contributed by atoms with van der Waals surface area (Å²) in [6.45, 7) is 8.76. The number of halogens is 1. The van der Waals surface area contributed by atoms with Gasteiger partial charge in [-0.25, -0.2) is 9.97 Å². The summed E-state index contributed by atoms with van der Waals surface area (Å²) in [5.41, 5.74) is 7.02. The molecule has 1 saturated carbocycles. The Kier molecular flexibility index (Phi) is 3.67. The van der Waals surface area contributed by atoms with Crippen molar-refractivity contribution in [3.8, 4) is 0 Å². The van der Waals surface area contributed by atoms with Crippen molar-refractivity contribution in [1.82, 2.24) is 9.97 Å². The van der Waals surface area contributed by atoms with Crippen LogP contribution in [0.1, 0.15) is 64.4 Å². The smallest absolute Gasteiger partial charge is 0.141 e. The normalized spacial score (nSPS) is 24.5. The summed E-state index contributed by atoms with van der Waals surface area (Å²) in [6.07, 6.45) is 3.64. The number of anilines is 1. The predicted molar refractivity (Wildman–Crippen MR) is 78.6 cm³/mol. The van der Waals surface area contributed by atoms with Gasteiger partial charge in [0.25, 0.3) is 0 Å². The molecule has 0 aromatic carbocycles. The highest BCUT2D eigenvalue weighted by atomic mass is 79.9. The van der Waals surface area contributed by atoms with Gasteiger partial charge in [0.05, 0.1) is 10.2 Å². The van der Waals surface area contributed by atoms with E-state index in [0.29, 0.717) is 11.7 Å². The third kappa shape index (κ3) is 2.68. The second-order valence-electron chi connectivity index (χ2n) is 6.49. The quantitative estimate of drug-likeness (QED) is 0.852. The van der Waals surface area contributed by atoms with Crippen molar-refractivity contribution in [2.45, 2.75) is 58.3 Å². The number of nitrogen functional groups attached to an aromatic ring is 1. The highest BCUT2D eigenvalue weighted by Crippen LogP contribution is 2.39. The minimum Gasteiger partial charge on any atom is -0.383 e. The van der Waals surface area contributed by atoms with Gasteiger partial charge in [0, 0.05) is 11.3 Å². The van der Waals surface area contributed by atoms with E-state index in [1.165, 1.54) is 19.3 Å². The summed E-state index contributed by atoms with van der Waals surface area (Å²) in [4.78, 5) is 9.27. The summed E-state index contributed by atoms with van der Waals surface area (Å²) >= 11 is 3.52. The molecule has 0 radical (unpaired) electrons. The SMILES string of the molecule is CC1CCC(c2nc(N)c(Br)c(C(C)(C)C)n2)C1. The van der Waals surface area contributed by atoms with Crippen molar-refractivity contribution in [1.29, 1.82) is 0 Å². The zero-order valence-corrected chi connectivity index (χ0v) is 13.2. The van der Waals surface area contributed by atoms with Gasteiger partial charge in [-0.15, -0.1) is 0 Å². The molecule has 3 nitrogen and oxygen atoms in total. The largest absolute Gasteiger partial charge is 0.383 e. The second kappa shape index (κ2) is 4.80.